The van der Waals surface area contributed by atoms with Gasteiger partial charge in [-0.25, -0.2) is 4.39 Å². The number of nitrogens with one attached hydrogen (secondary N) is 1. The lowest BCUT2D eigenvalue weighted by atomic mass is 9.90. The van der Waals surface area contributed by atoms with Crippen molar-refractivity contribution < 1.29 is 9.18 Å². The summed E-state index contributed by atoms with van der Waals surface area (Å²) in [6.07, 6.45) is 0. The highest BCUT2D eigenvalue weighted by atomic mass is 19.1. The van der Waals surface area contributed by atoms with E-state index in [0.29, 0.717) is 18.0 Å². The lowest BCUT2D eigenvalue weighted by Gasteiger charge is -2.29. The Morgan fingerprint density at radius 1 is 1.53 bits per heavy atom. The minimum absolute atomic E-state index is 0.374. The summed E-state index contributed by atoms with van der Waals surface area (Å²) in [7, 11) is 0. The van der Waals surface area contributed by atoms with Crippen molar-refractivity contribution in [2.75, 3.05) is 6.54 Å². The van der Waals surface area contributed by atoms with Gasteiger partial charge in [0.15, 0.2) is 0 Å². The fraction of sp³-hybridized carbons (Fsp3) is 0.462. The lowest BCUT2D eigenvalue weighted by Crippen LogP contribution is -2.51. The van der Waals surface area contributed by atoms with Gasteiger partial charge in [-0.1, -0.05) is 26.0 Å². The number of amides is 1. The zero-order chi connectivity index (χ0) is 13.1. The first-order valence-corrected chi connectivity index (χ1v) is 5.67. The fourth-order valence-electron chi connectivity index (χ4n) is 1.54. The molecule has 3 N–H and O–H groups in total. The molecule has 1 aromatic rings. The van der Waals surface area contributed by atoms with E-state index in [1.165, 1.54) is 12.1 Å². The normalized spacial score (nSPS) is 14.6. The minimum Gasteiger partial charge on any atom is -0.368 e. The molecule has 17 heavy (non-hydrogen) atoms. The van der Waals surface area contributed by atoms with Crippen LogP contribution in [0.5, 0.6) is 0 Å². The Morgan fingerprint density at radius 3 is 2.65 bits per heavy atom. The SMILES string of the molecule is CC(C)CNC(C)(C(N)=O)c1cccc(F)c1. The molecule has 0 saturated heterocycles. The number of nitrogens with two attached hydrogens (primary N) is 1. The smallest absolute Gasteiger partial charge is 0.242 e. The molecule has 0 fully saturated rings. The Morgan fingerprint density at radius 2 is 2.18 bits per heavy atom. The Hall–Kier alpha value is -1.42. The fourth-order valence-corrected chi connectivity index (χ4v) is 1.54. The van der Waals surface area contributed by atoms with Crippen molar-refractivity contribution in [3.05, 3.63) is 35.6 Å². The molecule has 0 aromatic heterocycles. The van der Waals surface area contributed by atoms with E-state index in [1.807, 2.05) is 13.8 Å². The zero-order valence-electron chi connectivity index (χ0n) is 10.5. The van der Waals surface area contributed by atoms with Crippen LogP contribution in [0.1, 0.15) is 26.3 Å². The van der Waals surface area contributed by atoms with E-state index in [0.717, 1.165) is 0 Å². The Labute approximate surface area is 101 Å². The molecular weight excluding hydrogens is 219 g/mol. The van der Waals surface area contributed by atoms with Crippen LogP contribution in [0.15, 0.2) is 24.3 Å². The maximum Gasteiger partial charge on any atom is 0.242 e. The van der Waals surface area contributed by atoms with E-state index in [9.17, 15) is 9.18 Å². The van der Waals surface area contributed by atoms with Crippen molar-refractivity contribution >= 4 is 5.91 Å². The Balaban J connectivity index is 3.03. The molecule has 1 unspecified atom stereocenters. The number of hydrogen-bond donors (Lipinski definition) is 2. The second-order valence-electron chi connectivity index (χ2n) is 4.77. The van der Waals surface area contributed by atoms with Crippen molar-refractivity contribution in [1.82, 2.24) is 5.32 Å². The average molecular weight is 238 g/mol. The molecule has 94 valence electrons. The van der Waals surface area contributed by atoms with E-state index in [2.05, 4.69) is 5.32 Å². The van der Waals surface area contributed by atoms with Gasteiger partial charge >= 0.3 is 0 Å². The molecule has 1 aromatic carbocycles. The summed E-state index contributed by atoms with van der Waals surface area (Å²) in [6, 6.07) is 5.94. The van der Waals surface area contributed by atoms with Gasteiger partial charge in [-0.05, 0) is 37.1 Å². The summed E-state index contributed by atoms with van der Waals surface area (Å²) in [4.78, 5) is 11.6. The van der Waals surface area contributed by atoms with Gasteiger partial charge in [0.05, 0.1) is 0 Å². The molecule has 3 nitrogen and oxygen atoms in total. The molecule has 1 amide bonds. The first-order chi connectivity index (χ1) is 7.86. The third-order valence-corrected chi connectivity index (χ3v) is 2.76. The second kappa shape index (κ2) is 5.27. The van der Waals surface area contributed by atoms with Crippen LogP contribution in [-0.2, 0) is 10.3 Å². The quantitative estimate of drug-likeness (QED) is 0.821. The summed E-state index contributed by atoms with van der Waals surface area (Å²) >= 11 is 0. The summed E-state index contributed by atoms with van der Waals surface area (Å²) in [5.74, 6) is -0.507. The Kier molecular flexibility index (Phi) is 4.23. The molecule has 0 radical (unpaired) electrons. The predicted octanol–water partition coefficient (Wildman–Crippen LogP) is 1.77. The molecule has 0 heterocycles. The molecule has 0 aliphatic heterocycles. The molecule has 1 rings (SSSR count). The first kappa shape index (κ1) is 13.6. The van der Waals surface area contributed by atoms with E-state index >= 15 is 0 Å². The zero-order valence-corrected chi connectivity index (χ0v) is 10.5. The van der Waals surface area contributed by atoms with Crippen LogP contribution in [0.3, 0.4) is 0 Å². The number of rotatable bonds is 5. The van der Waals surface area contributed by atoms with Crippen molar-refractivity contribution in [2.45, 2.75) is 26.3 Å². The standard InChI is InChI=1S/C13H19FN2O/c1-9(2)8-16-13(3,12(15)17)10-5-4-6-11(14)7-10/h4-7,9,16H,8H2,1-3H3,(H2,15,17). The van der Waals surface area contributed by atoms with E-state index in [4.69, 9.17) is 5.73 Å². The highest BCUT2D eigenvalue weighted by Gasteiger charge is 2.32. The van der Waals surface area contributed by atoms with Crippen molar-refractivity contribution in [1.29, 1.82) is 0 Å². The van der Waals surface area contributed by atoms with Crippen LogP contribution >= 0.6 is 0 Å². The van der Waals surface area contributed by atoms with Crippen molar-refractivity contribution in [3.8, 4) is 0 Å². The summed E-state index contributed by atoms with van der Waals surface area (Å²) in [5.41, 5.74) is 4.93. The average Bonchev–Trinajstić information content (AvgIpc) is 2.25. The lowest BCUT2D eigenvalue weighted by molar-refractivity contribution is -0.124. The molecule has 0 bridgehead atoms. The van der Waals surface area contributed by atoms with Crippen LogP contribution in [-0.4, -0.2) is 12.5 Å². The molecule has 0 aliphatic carbocycles. The van der Waals surface area contributed by atoms with Gasteiger partial charge in [0, 0.05) is 0 Å². The van der Waals surface area contributed by atoms with Gasteiger partial charge in [-0.15, -0.1) is 0 Å². The van der Waals surface area contributed by atoms with Gasteiger partial charge in [-0.3, -0.25) is 10.1 Å². The van der Waals surface area contributed by atoms with Crippen LogP contribution in [0, 0.1) is 11.7 Å². The minimum atomic E-state index is -1.04. The molecule has 1 atom stereocenters. The van der Waals surface area contributed by atoms with Gasteiger partial charge in [-0.2, -0.15) is 0 Å². The van der Waals surface area contributed by atoms with Crippen LogP contribution in [0.2, 0.25) is 0 Å². The highest BCUT2D eigenvalue weighted by Crippen LogP contribution is 2.21. The largest absolute Gasteiger partial charge is 0.368 e. The van der Waals surface area contributed by atoms with Gasteiger partial charge in [0.25, 0.3) is 0 Å². The van der Waals surface area contributed by atoms with Gasteiger partial charge in [0.1, 0.15) is 11.4 Å². The van der Waals surface area contributed by atoms with E-state index in [-0.39, 0.29) is 5.82 Å². The van der Waals surface area contributed by atoms with Gasteiger partial charge < -0.3 is 5.73 Å². The molecule has 4 heteroatoms. The van der Waals surface area contributed by atoms with Crippen molar-refractivity contribution in [2.24, 2.45) is 11.7 Å². The number of carbonyl (C=O) groups is 1. The number of hydrogen-bond acceptors (Lipinski definition) is 2. The summed E-state index contributed by atoms with van der Waals surface area (Å²) in [5, 5.41) is 3.10. The van der Waals surface area contributed by atoms with Crippen molar-refractivity contribution in [3.63, 3.8) is 0 Å². The van der Waals surface area contributed by atoms with Crippen LogP contribution in [0.4, 0.5) is 4.39 Å². The molecule has 0 aliphatic rings. The maximum atomic E-state index is 13.2. The second-order valence-corrected chi connectivity index (χ2v) is 4.77. The van der Waals surface area contributed by atoms with Crippen LogP contribution < -0.4 is 11.1 Å². The highest BCUT2D eigenvalue weighted by molar-refractivity contribution is 5.85. The maximum absolute atomic E-state index is 13.2. The first-order valence-electron chi connectivity index (χ1n) is 5.67. The van der Waals surface area contributed by atoms with E-state index in [1.54, 1.807) is 19.1 Å². The summed E-state index contributed by atoms with van der Waals surface area (Å²) < 4.78 is 13.2. The number of carbonyl (C=O) groups excluding carboxylic acids is 1. The summed E-state index contributed by atoms with van der Waals surface area (Å²) in [6.45, 7) is 6.36. The number of benzene rings is 1. The third kappa shape index (κ3) is 3.27. The monoisotopic (exact) mass is 238 g/mol. The van der Waals surface area contributed by atoms with Gasteiger partial charge in [0.2, 0.25) is 5.91 Å². The van der Waals surface area contributed by atoms with E-state index < -0.39 is 11.4 Å². The third-order valence-electron chi connectivity index (χ3n) is 2.76. The molecule has 0 spiro atoms. The Bertz CT molecular complexity index is 406. The topological polar surface area (TPSA) is 55.1 Å². The van der Waals surface area contributed by atoms with Crippen LogP contribution in [0.25, 0.3) is 0 Å². The molecular formula is C13H19FN2O. The number of primary amides is 1. The number of halogens is 1. The molecule has 0 saturated carbocycles. The predicted molar refractivity (Wildman–Crippen MR) is 65.8 cm³/mol.